The number of aliphatic hydroxyl groups excluding tert-OH is 1. The number of anilines is 1. The lowest BCUT2D eigenvalue weighted by Crippen LogP contribution is -2.33. The van der Waals surface area contributed by atoms with Crippen LogP contribution in [-0.4, -0.2) is 29.6 Å². The molecule has 0 aliphatic heterocycles. The smallest absolute Gasteiger partial charge is 0.0936 e. The first-order valence-corrected chi connectivity index (χ1v) is 6.66. The number of benzene rings is 1. The Kier molecular flexibility index (Phi) is 6.34. The van der Waals surface area contributed by atoms with Crippen molar-refractivity contribution in [3.63, 3.8) is 0 Å². The fourth-order valence-corrected chi connectivity index (χ4v) is 2.14. The maximum atomic E-state index is 10.3. The van der Waals surface area contributed by atoms with Gasteiger partial charge in [-0.1, -0.05) is 32.0 Å². The van der Waals surface area contributed by atoms with Crippen LogP contribution < -0.4 is 5.73 Å². The molecule has 1 rings (SSSR count). The SMILES string of the molecule is CC(C)CN(CCC#N)CC(O)c1ccccc1N. The van der Waals surface area contributed by atoms with Crippen molar-refractivity contribution in [1.29, 1.82) is 5.26 Å². The first-order valence-electron chi connectivity index (χ1n) is 6.66. The van der Waals surface area contributed by atoms with Gasteiger partial charge in [0.25, 0.3) is 0 Å². The van der Waals surface area contributed by atoms with Gasteiger partial charge in [-0.25, -0.2) is 0 Å². The summed E-state index contributed by atoms with van der Waals surface area (Å²) in [5.74, 6) is 0.499. The zero-order chi connectivity index (χ0) is 14.3. The van der Waals surface area contributed by atoms with E-state index < -0.39 is 6.10 Å². The van der Waals surface area contributed by atoms with Gasteiger partial charge in [-0.2, -0.15) is 5.26 Å². The lowest BCUT2D eigenvalue weighted by Gasteiger charge is -2.26. The molecule has 0 spiro atoms. The number of hydrogen-bond acceptors (Lipinski definition) is 4. The molecule has 1 aromatic carbocycles. The summed E-state index contributed by atoms with van der Waals surface area (Å²) in [5, 5.41) is 19.0. The maximum absolute atomic E-state index is 10.3. The van der Waals surface area contributed by atoms with Gasteiger partial charge >= 0.3 is 0 Å². The van der Waals surface area contributed by atoms with E-state index in [0.717, 1.165) is 12.1 Å². The van der Waals surface area contributed by atoms with E-state index in [2.05, 4.69) is 24.8 Å². The molecular weight excluding hydrogens is 238 g/mol. The summed E-state index contributed by atoms with van der Waals surface area (Å²) in [6.45, 7) is 6.31. The van der Waals surface area contributed by atoms with E-state index >= 15 is 0 Å². The van der Waals surface area contributed by atoms with Crippen LogP contribution in [0.4, 0.5) is 5.69 Å². The number of aliphatic hydroxyl groups is 1. The van der Waals surface area contributed by atoms with Gasteiger partial charge in [0.15, 0.2) is 0 Å². The van der Waals surface area contributed by atoms with E-state index in [9.17, 15) is 5.11 Å². The van der Waals surface area contributed by atoms with Crippen molar-refractivity contribution in [2.24, 2.45) is 5.92 Å². The quantitative estimate of drug-likeness (QED) is 0.738. The number of para-hydroxylation sites is 1. The average molecular weight is 261 g/mol. The lowest BCUT2D eigenvalue weighted by atomic mass is 10.1. The van der Waals surface area contributed by atoms with Crippen LogP contribution in [0.2, 0.25) is 0 Å². The lowest BCUT2D eigenvalue weighted by molar-refractivity contribution is 0.108. The monoisotopic (exact) mass is 261 g/mol. The predicted octanol–water partition coefficient (Wildman–Crippen LogP) is 2.17. The molecular formula is C15H23N3O. The molecule has 0 aliphatic rings. The fraction of sp³-hybridized carbons (Fsp3) is 0.533. The molecule has 4 nitrogen and oxygen atoms in total. The van der Waals surface area contributed by atoms with Crippen LogP contribution in [0.3, 0.4) is 0 Å². The highest BCUT2D eigenvalue weighted by atomic mass is 16.3. The van der Waals surface area contributed by atoms with E-state index in [1.807, 2.05) is 18.2 Å². The minimum atomic E-state index is -0.612. The summed E-state index contributed by atoms with van der Waals surface area (Å²) in [7, 11) is 0. The van der Waals surface area contributed by atoms with Gasteiger partial charge in [0, 0.05) is 37.3 Å². The molecule has 1 unspecified atom stereocenters. The molecule has 0 aliphatic carbocycles. The minimum Gasteiger partial charge on any atom is -0.398 e. The highest BCUT2D eigenvalue weighted by molar-refractivity contribution is 5.47. The number of hydrogen-bond donors (Lipinski definition) is 2. The Morgan fingerprint density at radius 3 is 2.58 bits per heavy atom. The Bertz CT molecular complexity index is 426. The van der Waals surface area contributed by atoms with Crippen LogP contribution in [-0.2, 0) is 0 Å². The first kappa shape index (κ1) is 15.5. The largest absolute Gasteiger partial charge is 0.398 e. The van der Waals surface area contributed by atoms with Gasteiger partial charge in [-0.15, -0.1) is 0 Å². The molecule has 0 amide bonds. The number of rotatable bonds is 7. The van der Waals surface area contributed by atoms with Crippen molar-refractivity contribution in [3.8, 4) is 6.07 Å². The summed E-state index contributed by atoms with van der Waals surface area (Å²) >= 11 is 0. The molecule has 0 saturated heterocycles. The second kappa shape index (κ2) is 7.78. The number of nitrogen functional groups attached to an aromatic ring is 1. The average Bonchev–Trinajstić information content (AvgIpc) is 2.35. The molecule has 104 valence electrons. The molecule has 19 heavy (non-hydrogen) atoms. The van der Waals surface area contributed by atoms with Gasteiger partial charge < -0.3 is 10.8 Å². The molecule has 1 atom stereocenters. The van der Waals surface area contributed by atoms with Crippen molar-refractivity contribution < 1.29 is 5.11 Å². The third-order valence-electron chi connectivity index (χ3n) is 2.95. The zero-order valence-electron chi connectivity index (χ0n) is 11.7. The number of nitriles is 1. The third kappa shape index (κ3) is 5.29. The van der Waals surface area contributed by atoms with E-state index in [1.54, 1.807) is 6.07 Å². The van der Waals surface area contributed by atoms with E-state index in [4.69, 9.17) is 11.0 Å². The predicted molar refractivity (Wildman–Crippen MR) is 77.3 cm³/mol. The minimum absolute atomic E-state index is 0.476. The molecule has 0 fully saturated rings. The summed E-state index contributed by atoms with van der Waals surface area (Å²) in [5.41, 5.74) is 7.24. The van der Waals surface area contributed by atoms with E-state index in [1.165, 1.54) is 0 Å². The number of nitrogens with zero attached hydrogens (tertiary/aromatic N) is 2. The standard InChI is InChI=1S/C15H23N3O/c1-12(2)10-18(9-5-8-16)11-15(19)13-6-3-4-7-14(13)17/h3-4,6-7,12,15,19H,5,9-11,17H2,1-2H3. The summed E-state index contributed by atoms with van der Waals surface area (Å²) in [6.07, 6.45) is -0.136. The van der Waals surface area contributed by atoms with Crippen LogP contribution in [0.15, 0.2) is 24.3 Å². The molecule has 0 aromatic heterocycles. The molecule has 0 bridgehead atoms. The second-order valence-corrected chi connectivity index (χ2v) is 5.21. The maximum Gasteiger partial charge on any atom is 0.0936 e. The highest BCUT2D eigenvalue weighted by Crippen LogP contribution is 2.21. The summed E-state index contributed by atoms with van der Waals surface area (Å²) < 4.78 is 0. The zero-order valence-corrected chi connectivity index (χ0v) is 11.7. The molecule has 0 saturated carbocycles. The van der Waals surface area contributed by atoms with Gasteiger partial charge in [0.05, 0.1) is 12.2 Å². The van der Waals surface area contributed by atoms with Crippen molar-refractivity contribution in [2.45, 2.75) is 26.4 Å². The van der Waals surface area contributed by atoms with Crippen molar-refractivity contribution >= 4 is 5.69 Å². The van der Waals surface area contributed by atoms with Crippen LogP contribution in [0, 0.1) is 17.2 Å². The number of nitrogens with two attached hydrogens (primary N) is 1. The van der Waals surface area contributed by atoms with E-state index in [-0.39, 0.29) is 0 Å². The second-order valence-electron chi connectivity index (χ2n) is 5.21. The molecule has 1 aromatic rings. The molecule has 4 heteroatoms. The fourth-order valence-electron chi connectivity index (χ4n) is 2.14. The topological polar surface area (TPSA) is 73.3 Å². The Hall–Kier alpha value is -1.57. The van der Waals surface area contributed by atoms with Gasteiger partial charge in [-0.3, -0.25) is 4.90 Å². The van der Waals surface area contributed by atoms with Crippen LogP contribution in [0.25, 0.3) is 0 Å². The van der Waals surface area contributed by atoms with E-state index in [0.29, 0.717) is 31.1 Å². The Balaban J connectivity index is 2.67. The third-order valence-corrected chi connectivity index (χ3v) is 2.95. The van der Waals surface area contributed by atoms with Crippen LogP contribution in [0.5, 0.6) is 0 Å². The van der Waals surface area contributed by atoms with Crippen molar-refractivity contribution in [3.05, 3.63) is 29.8 Å². The van der Waals surface area contributed by atoms with Crippen molar-refractivity contribution in [1.82, 2.24) is 4.90 Å². The van der Waals surface area contributed by atoms with Crippen molar-refractivity contribution in [2.75, 3.05) is 25.4 Å². The Morgan fingerprint density at radius 1 is 1.32 bits per heavy atom. The summed E-state index contributed by atoms with van der Waals surface area (Å²) in [4.78, 5) is 2.12. The Labute approximate surface area is 115 Å². The van der Waals surface area contributed by atoms with Gasteiger partial charge in [0.1, 0.15) is 0 Å². The molecule has 0 heterocycles. The molecule has 3 N–H and O–H groups in total. The first-order chi connectivity index (χ1) is 9.04. The van der Waals surface area contributed by atoms with Gasteiger partial charge in [0.2, 0.25) is 0 Å². The van der Waals surface area contributed by atoms with Crippen LogP contribution in [0.1, 0.15) is 31.9 Å². The highest BCUT2D eigenvalue weighted by Gasteiger charge is 2.16. The Morgan fingerprint density at radius 2 is 2.00 bits per heavy atom. The normalized spacial score (nSPS) is 12.6. The van der Waals surface area contributed by atoms with Gasteiger partial charge in [-0.05, 0) is 12.0 Å². The van der Waals surface area contributed by atoms with Crippen LogP contribution >= 0.6 is 0 Å². The molecule has 0 radical (unpaired) electrons. The summed E-state index contributed by atoms with van der Waals surface area (Å²) in [6, 6.07) is 9.51.